The van der Waals surface area contributed by atoms with Gasteiger partial charge < -0.3 is 23.7 Å². The van der Waals surface area contributed by atoms with Crippen molar-refractivity contribution in [1.29, 1.82) is 0 Å². The van der Waals surface area contributed by atoms with E-state index in [1.54, 1.807) is 34.0 Å². The minimum atomic E-state index is -4.45. The Morgan fingerprint density at radius 3 is 2.04 bits per heavy atom. The van der Waals surface area contributed by atoms with Crippen molar-refractivity contribution in [2.24, 2.45) is 5.92 Å². The number of fused-ring (bicyclic) bond motifs is 1. The molecule has 3 saturated heterocycles. The minimum Gasteiger partial charge on any atom is -0.358 e. The second kappa shape index (κ2) is 5.99. The topological polar surface area (TPSA) is 46.2 Å². The lowest BCUT2D eigenvalue weighted by atomic mass is 9.89. The molecule has 0 bridgehead atoms. The first-order chi connectivity index (χ1) is 10.9. The van der Waals surface area contributed by atoms with Crippen LogP contribution in [-0.2, 0) is 23.7 Å². The van der Waals surface area contributed by atoms with E-state index < -0.39 is 53.5 Å². The molecule has 5 nitrogen and oxygen atoms in total. The van der Waals surface area contributed by atoms with Gasteiger partial charge in [-0.2, -0.15) is 13.2 Å². The van der Waals surface area contributed by atoms with Crippen molar-refractivity contribution in [2.45, 2.75) is 75.3 Å². The summed E-state index contributed by atoms with van der Waals surface area (Å²) in [5, 5.41) is 0. The normalized spacial score (nSPS) is 44.5. The molecule has 0 saturated carbocycles. The second-order valence-corrected chi connectivity index (χ2v) is 8.14. The van der Waals surface area contributed by atoms with E-state index in [-0.39, 0.29) is 6.61 Å². The predicted molar refractivity (Wildman–Crippen MR) is 80.5 cm³/mol. The number of alkyl halides is 3. The van der Waals surface area contributed by atoms with E-state index in [2.05, 4.69) is 0 Å². The van der Waals surface area contributed by atoms with E-state index in [9.17, 15) is 13.2 Å². The average Bonchev–Trinajstić information content (AvgIpc) is 2.93. The van der Waals surface area contributed by atoms with Gasteiger partial charge in [-0.25, -0.2) is 0 Å². The van der Waals surface area contributed by atoms with Gasteiger partial charge in [-0.05, 0) is 34.0 Å². The van der Waals surface area contributed by atoms with Crippen molar-refractivity contribution in [3.8, 4) is 0 Å². The van der Waals surface area contributed by atoms with Crippen LogP contribution in [0.4, 0.5) is 13.2 Å². The van der Waals surface area contributed by atoms with Crippen molar-refractivity contribution in [3.63, 3.8) is 0 Å². The van der Waals surface area contributed by atoms with E-state index >= 15 is 0 Å². The summed E-state index contributed by atoms with van der Waals surface area (Å²) in [4.78, 5) is 0. The molecule has 9 heteroatoms. The summed E-state index contributed by atoms with van der Waals surface area (Å²) < 4.78 is 69.4. The smallest absolute Gasteiger partial charge is 0.358 e. The van der Waals surface area contributed by atoms with Crippen LogP contribution >= 0.6 is 11.8 Å². The fourth-order valence-electron chi connectivity index (χ4n) is 3.54. The molecule has 0 unspecified atom stereocenters. The van der Waals surface area contributed by atoms with Crippen LogP contribution in [0.15, 0.2) is 0 Å². The van der Waals surface area contributed by atoms with Crippen LogP contribution in [0.5, 0.6) is 0 Å². The molecule has 3 aliphatic rings. The van der Waals surface area contributed by atoms with Crippen molar-refractivity contribution < 1.29 is 36.9 Å². The molecule has 0 aromatic rings. The number of ether oxygens (including phenoxy) is 5. The highest BCUT2D eigenvalue weighted by atomic mass is 32.2. The molecular formula is C15H23F3O5S. The number of hydrogen-bond acceptors (Lipinski definition) is 6. The Balaban J connectivity index is 1.90. The quantitative estimate of drug-likeness (QED) is 0.743. The number of halogens is 3. The highest BCUT2D eigenvalue weighted by Crippen LogP contribution is 2.50. The van der Waals surface area contributed by atoms with E-state index in [0.717, 1.165) is 11.8 Å². The van der Waals surface area contributed by atoms with Gasteiger partial charge in [-0.15, -0.1) is 11.8 Å². The average molecular weight is 372 g/mol. The van der Waals surface area contributed by atoms with Crippen LogP contribution < -0.4 is 0 Å². The van der Waals surface area contributed by atoms with Gasteiger partial charge in [0.15, 0.2) is 11.6 Å². The Kier molecular flexibility index (Phi) is 4.67. The maximum absolute atomic E-state index is 13.6. The summed E-state index contributed by atoms with van der Waals surface area (Å²) in [5.41, 5.74) is -1.08. The molecule has 3 aliphatic heterocycles. The van der Waals surface area contributed by atoms with Gasteiger partial charge in [-0.1, -0.05) is 0 Å². The molecule has 140 valence electrons. The highest BCUT2D eigenvalue weighted by Gasteiger charge is 2.64. The van der Waals surface area contributed by atoms with E-state index in [1.807, 2.05) is 0 Å². The Hall–Kier alpha value is -0.0600. The van der Waals surface area contributed by atoms with Crippen molar-refractivity contribution >= 4 is 11.8 Å². The molecule has 3 fully saturated rings. The monoisotopic (exact) mass is 372 g/mol. The maximum atomic E-state index is 13.6. The Bertz CT molecular complexity index is 484. The van der Waals surface area contributed by atoms with Crippen LogP contribution in [0.25, 0.3) is 0 Å². The standard InChI is InChI=1S/C15H23F3O5S/c1-13(2)19-6-7(21-13)9-11-10(22-14(3,4)23-11)8(15(16,17)18)12(20-9)24-5/h7-12H,6H2,1-5H3/t7-,8-,9-,10-,11+,12-/m1/s1. The molecule has 24 heavy (non-hydrogen) atoms. The lowest BCUT2D eigenvalue weighted by molar-refractivity contribution is -0.265. The third-order valence-electron chi connectivity index (χ3n) is 4.43. The molecule has 3 heterocycles. The number of hydrogen-bond donors (Lipinski definition) is 0. The summed E-state index contributed by atoms with van der Waals surface area (Å²) in [6.07, 6.45) is -6.04. The van der Waals surface area contributed by atoms with Crippen molar-refractivity contribution in [1.82, 2.24) is 0 Å². The number of rotatable bonds is 2. The molecule has 0 amide bonds. The van der Waals surface area contributed by atoms with Gasteiger partial charge in [0.25, 0.3) is 0 Å². The fraction of sp³-hybridized carbons (Fsp3) is 1.00. The Morgan fingerprint density at radius 2 is 1.54 bits per heavy atom. The van der Waals surface area contributed by atoms with Crippen LogP contribution in [0.3, 0.4) is 0 Å². The van der Waals surface area contributed by atoms with E-state index in [0.29, 0.717) is 0 Å². The zero-order valence-corrected chi connectivity index (χ0v) is 15.1. The highest BCUT2D eigenvalue weighted by molar-refractivity contribution is 7.99. The number of thioether (sulfide) groups is 1. The van der Waals surface area contributed by atoms with Crippen molar-refractivity contribution in [3.05, 3.63) is 0 Å². The van der Waals surface area contributed by atoms with Crippen molar-refractivity contribution in [2.75, 3.05) is 12.9 Å². The van der Waals surface area contributed by atoms with Gasteiger partial charge in [-0.3, -0.25) is 0 Å². The SMILES string of the molecule is CS[C@H]1O[C@H]([C@H]2COC(C)(C)O2)[C@@H]2OC(C)(C)O[C@@H]2[C@H]1C(F)(F)F. The molecule has 0 aliphatic carbocycles. The summed E-state index contributed by atoms with van der Waals surface area (Å²) in [6, 6.07) is 0. The summed E-state index contributed by atoms with van der Waals surface area (Å²) in [7, 11) is 0. The Labute approximate surface area is 143 Å². The molecule has 0 spiro atoms. The molecular weight excluding hydrogens is 349 g/mol. The first-order valence-electron chi connectivity index (χ1n) is 7.86. The third kappa shape index (κ3) is 3.43. The maximum Gasteiger partial charge on any atom is 0.397 e. The van der Waals surface area contributed by atoms with Gasteiger partial charge in [0.2, 0.25) is 0 Å². The summed E-state index contributed by atoms with van der Waals surface area (Å²) in [6.45, 7) is 6.98. The van der Waals surface area contributed by atoms with Gasteiger partial charge in [0, 0.05) is 0 Å². The van der Waals surface area contributed by atoms with Gasteiger partial charge in [0.1, 0.15) is 35.8 Å². The van der Waals surface area contributed by atoms with Crippen LogP contribution in [0.2, 0.25) is 0 Å². The summed E-state index contributed by atoms with van der Waals surface area (Å²) >= 11 is 1.02. The van der Waals surface area contributed by atoms with Gasteiger partial charge >= 0.3 is 6.18 Å². The summed E-state index contributed by atoms with van der Waals surface area (Å²) in [5.74, 6) is -3.66. The lowest BCUT2D eigenvalue weighted by Gasteiger charge is -2.43. The van der Waals surface area contributed by atoms with E-state index in [1.165, 1.54) is 0 Å². The largest absolute Gasteiger partial charge is 0.397 e. The van der Waals surface area contributed by atoms with Crippen LogP contribution in [0.1, 0.15) is 27.7 Å². The van der Waals surface area contributed by atoms with E-state index in [4.69, 9.17) is 23.7 Å². The molecule has 0 N–H and O–H groups in total. The first kappa shape index (κ1) is 18.7. The molecule has 3 rings (SSSR count). The third-order valence-corrected chi connectivity index (χ3v) is 5.30. The lowest BCUT2D eigenvalue weighted by Crippen LogP contribution is -2.60. The van der Waals surface area contributed by atoms with Gasteiger partial charge in [0.05, 0.1) is 6.61 Å². The fourth-order valence-corrected chi connectivity index (χ4v) is 4.38. The van der Waals surface area contributed by atoms with Crippen LogP contribution in [0, 0.1) is 5.92 Å². The molecule has 0 aromatic carbocycles. The van der Waals surface area contributed by atoms with Crippen LogP contribution in [-0.4, -0.2) is 60.5 Å². The first-order valence-corrected chi connectivity index (χ1v) is 9.15. The molecule has 6 atom stereocenters. The Morgan fingerprint density at radius 1 is 0.917 bits per heavy atom. The molecule has 0 radical (unpaired) electrons. The predicted octanol–water partition coefficient (Wildman–Crippen LogP) is 2.92. The second-order valence-electron chi connectivity index (χ2n) is 7.20. The zero-order valence-electron chi connectivity index (χ0n) is 14.3. The zero-order chi connectivity index (χ0) is 17.9. The molecule has 0 aromatic heterocycles. The minimum absolute atomic E-state index is 0.239.